The molecule has 0 bridgehead atoms. The number of anilines is 1. The van der Waals surface area contributed by atoms with Crippen molar-refractivity contribution in [1.82, 2.24) is 9.88 Å². The normalized spacial score (nSPS) is 17.3. The molecule has 0 atom stereocenters. The number of rotatable bonds is 2. The Balaban J connectivity index is 0.00000128. The zero-order valence-corrected chi connectivity index (χ0v) is 12.5. The summed E-state index contributed by atoms with van der Waals surface area (Å²) in [6, 6.07) is 5.98. The van der Waals surface area contributed by atoms with Gasteiger partial charge in [0.25, 0.3) is 0 Å². The zero-order chi connectivity index (χ0) is 10.7. The monoisotopic (exact) mass is 436 g/mol. The van der Waals surface area contributed by atoms with E-state index >= 15 is 0 Å². The van der Waals surface area contributed by atoms with E-state index in [1.165, 1.54) is 0 Å². The number of piperazine rings is 1. The van der Waals surface area contributed by atoms with Gasteiger partial charge in [-0.1, -0.05) is 6.07 Å². The Kier molecular flexibility index (Phi) is 6.25. The van der Waals surface area contributed by atoms with Gasteiger partial charge in [0.15, 0.2) is 0 Å². The van der Waals surface area contributed by atoms with E-state index in [2.05, 4.69) is 14.8 Å². The summed E-state index contributed by atoms with van der Waals surface area (Å²) >= 11 is 10.1. The van der Waals surface area contributed by atoms with Crippen LogP contribution in [0.2, 0.25) is 0 Å². The van der Waals surface area contributed by atoms with Crippen molar-refractivity contribution in [1.29, 1.82) is 0 Å². The van der Waals surface area contributed by atoms with Gasteiger partial charge in [-0.05, 0) is 12.1 Å². The van der Waals surface area contributed by atoms with Crippen LogP contribution >= 0.6 is 0 Å². The maximum absolute atomic E-state index is 5.06. The minimum absolute atomic E-state index is 0. The smallest absolute Gasteiger partial charge is 0.128 e. The third-order valence-corrected chi connectivity index (χ3v) is 3.18. The largest absolute Gasteiger partial charge is 0.800 e. The first-order valence-electron chi connectivity index (χ1n) is 4.99. The van der Waals surface area contributed by atoms with Gasteiger partial charge >= 0.3 is 0 Å². The van der Waals surface area contributed by atoms with E-state index in [9.17, 15) is 0 Å². The maximum Gasteiger partial charge on any atom is 0.128 e. The molecule has 0 saturated carbocycles. The zero-order valence-electron chi connectivity index (χ0n) is 8.67. The van der Waals surface area contributed by atoms with Crippen LogP contribution in [0.15, 0.2) is 24.4 Å². The molecule has 1 aromatic rings. The van der Waals surface area contributed by atoms with E-state index in [1.54, 1.807) is 0 Å². The third kappa shape index (κ3) is 3.68. The van der Waals surface area contributed by atoms with E-state index in [0.29, 0.717) is 0 Å². The average Bonchev–Trinajstić information content (AvgIpc) is 2.30. The quantitative estimate of drug-likeness (QED) is 0.498. The van der Waals surface area contributed by atoms with Crippen LogP contribution in [0.25, 0.3) is 0 Å². The molecule has 0 spiro atoms. The van der Waals surface area contributed by atoms with Crippen LogP contribution in [0, 0.1) is 0 Å². The van der Waals surface area contributed by atoms with Crippen molar-refractivity contribution in [3.8, 4) is 0 Å². The summed E-state index contributed by atoms with van der Waals surface area (Å²) in [7, 11) is 0. The van der Waals surface area contributed by atoms with E-state index in [1.807, 2.05) is 24.4 Å². The molecule has 0 aromatic carbocycles. The van der Waals surface area contributed by atoms with E-state index < -0.39 is 0 Å². The molecule has 1 aliphatic heterocycles. The second kappa shape index (κ2) is 6.93. The molecule has 0 N–H and O–H groups in total. The fourth-order valence-corrected chi connectivity index (χ4v) is 2.12. The van der Waals surface area contributed by atoms with Crippen LogP contribution in [0.4, 0.5) is 5.82 Å². The summed E-state index contributed by atoms with van der Waals surface area (Å²) < 4.78 is -0.170. The van der Waals surface area contributed by atoms with Gasteiger partial charge in [-0.25, -0.2) is 9.69 Å². The number of hydrogen-bond donors (Lipinski definition) is 0. The minimum Gasteiger partial charge on any atom is -0.800 e. The van der Waals surface area contributed by atoms with Crippen LogP contribution in [-0.2, 0) is 47.6 Å². The van der Waals surface area contributed by atoms with Gasteiger partial charge in [0, 0.05) is 54.8 Å². The summed E-state index contributed by atoms with van der Waals surface area (Å²) in [5.41, 5.74) is 0. The Bertz CT molecular complexity index is 302. The van der Waals surface area contributed by atoms with Crippen LogP contribution in [0.3, 0.4) is 0 Å². The molecule has 93 valence electrons. The van der Waals surface area contributed by atoms with Crippen molar-refractivity contribution in [2.75, 3.05) is 31.1 Å². The number of aromatic nitrogens is 1. The van der Waals surface area contributed by atoms with Crippen LogP contribution in [0.5, 0.6) is 0 Å². The molecule has 3 nitrogen and oxygen atoms in total. The van der Waals surface area contributed by atoms with Crippen molar-refractivity contribution in [2.45, 2.75) is 4.71 Å². The molecule has 1 fully saturated rings. The first kappa shape index (κ1) is 14.4. The second-order valence-electron chi connectivity index (χ2n) is 3.52. The van der Waals surface area contributed by atoms with Crippen LogP contribution < -0.4 is 4.90 Å². The summed E-state index contributed by atoms with van der Waals surface area (Å²) in [5, 5.41) is 0. The van der Waals surface area contributed by atoms with Crippen molar-refractivity contribution < 1.29 is 22.4 Å². The first-order chi connectivity index (χ1) is 7.27. The molecule has 1 aromatic heterocycles. The van der Waals surface area contributed by atoms with E-state index in [0.717, 1.165) is 32.0 Å². The standard InChI is InChI=1S/C10H15N3S2.Au/c14-10(15)13-7-5-12(6-8-13)9-3-1-2-4-11-9;/h1-4,10,14-15H,5-8H2;/p-2. The van der Waals surface area contributed by atoms with Gasteiger partial charge in [0.2, 0.25) is 0 Å². The molecule has 0 amide bonds. The number of pyridine rings is 1. The van der Waals surface area contributed by atoms with Gasteiger partial charge in [0.1, 0.15) is 5.82 Å². The van der Waals surface area contributed by atoms with Gasteiger partial charge in [0.05, 0.1) is 0 Å². The Labute approximate surface area is 123 Å². The molecule has 6 heteroatoms. The minimum atomic E-state index is -0.170. The molecule has 2 heterocycles. The third-order valence-electron chi connectivity index (χ3n) is 2.59. The maximum atomic E-state index is 5.06. The molecule has 1 saturated heterocycles. The van der Waals surface area contributed by atoms with Gasteiger partial charge in [-0.15, -0.1) is 0 Å². The molecule has 2 rings (SSSR count). The molecule has 16 heavy (non-hydrogen) atoms. The van der Waals surface area contributed by atoms with Gasteiger partial charge < -0.3 is 35.1 Å². The summed E-state index contributed by atoms with van der Waals surface area (Å²) in [6.45, 7) is 3.80. The van der Waals surface area contributed by atoms with Crippen molar-refractivity contribution in [2.24, 2.45) is 0 Å². The SMILES string of the molecule is [Au].[S-]C([S-])N1CCN(c2ccccn2)CC1. The topological polar surface area (TPSA) is 19.4 Å². The fraction of sp³-hybridized carbons (Fsp3) is 0.500. The van der Waals surface area contributed by atoms with Crippen molar-refractivity contribution >= 4 is 31.1 Å². The summed E-state index contributed by atoms with van der Waals surface area (Å²) in [4.78, 5) is 8.74. The molecule has 1 radical (unpaired) electrons. The van der Waals surface area contributed by atoms with E-state index in [-0.39, 0.29) is 27.1 Å². The van der Waals surface area contributed by atoms with Crippen molar-refractivity contribution in [3.05, 3.63) is 24.4 Å². The van der Waals surface area contributed by atoms with Crippen molar-refractivity contribution in [3.63, 3.8) is 0 Å². The van der Waals surface area contributed by atoms with Crippen LogP contribution in [-0.4, -0.2) is 40.8 Å². The first-order valence-corrected chi connectivity index (χ1v) is 5.93. The predicted molar refractivity (Wildman–Crippen MR) is 66.5 cm³/mol. The van der Waals surface area contributed by atoms with Gasteiger partial charge in [-0.2, -0.15) is 0 Å². The Hall–Kier alpha value is 0.350. The molecule has 1 aliphatic rings. The van der Waals surface area contributed by atoms with Gasteiger partial charge in [-0.3, -0.25) is 0 Å². The van der Waals surface area contributed by atoms with Crippen LogP contribution in [0.1, 0.15) is 0 Å². The Morgan fingerprint density at radius 2 is 1.81 bits per heavy atom. The Morgan fingerprint density at radius 3 is 2.31 bits per heavy atom. The Morgan fingerprint density at radius 1 is 1.12 bits per heavy atom. The molecular formula is C10H13AuN3S2-2. The number of nitrogens with zero attached hydrogens (tertiary/aromatic N) is 3. The van der Waals surface area contributed by atoms with E-state index in [4.69, 9.17) is 25.3 Å². The average molecular weight is 436 g/mol. The second-order valence-corrected chi connectivity index (χ2v) is 4.71. The molecule has 0 aliphatic carbocycles. The number of hydrogen-bond acceptors (Lipinski definition) is 5. The summed E-state index contributed by atoms with van der Waals surface area (Å²) in [5.74, 6) is 1.04. The molecule has 0 unspecified atom stereocenters. The predicted octanol–water partition coefficient (Wildman–Crippen LogP) is 0.578. The fourth-order valence-electron chi connectivity index (χ4n) is 1.70. The molecular weight excluding hydrogens is 423 g/mol. The summed E-state index contributed by atoms with van der Waals surface area (Å²) in [6.07, 6.45) is 1.82.